The number of hydrogen-bond donors (Lipinski definition) is 2. The standard InChI is InChI=1S/C8H7ClF2O2/c9-4-1-2-5(6(12)3-4)7(13)8(10)11/h1-3,7-8,12-13H. The first-order valence-corrected chi connectivity index (χ1v) is 3.85. The first kappa shape index (κ1) is 10.2. The molecule has 5 heteroatoms. The van der Waals surface area contributed by atoms with E-state index in [1.54, 1.807) is 0 Å². The average molecular weight is 209 g/mol. The molecule has 0 aromatic heterocycles. The normalized spacial score (nSPS) is 13.3. The van der Waals surface area contributed by atoms with Crippen LogP contribution in [0.1, 0.15) is 11.7 Å². The highest BCUT2D eigenvalue weighted by atomic mass is 35.5. The Morgan fingerprint density at radius 3 is 2.38 bits per heavy atom. The lowest BCUT2D eigenvalue weighted by molar-refractivity contribution is -0.00697. The van der Waals surface area contributed by atoms with Crippen molar-refractivity contribution in [1.82, 2.24) is 0 Å². The topological polar surface area (TPSA) is 40.5 Å². The number of alkyl halides is 2. The molecule has 0 fully saturated rings. The van der Waals surface area contributed by atoms with E-state index in [9.17, 15) is 8.78 Å². The van der Waals surface area contributed by atoms with Crippen LogP contribution in [-0.4, -0.2) is 16.6 Å². The molecule has 1 aromatic carbocycles. The number of aliphatic hydroxyl groups is 1. The minimum atomic E-state index is -2.92. The van der Waals surface area contributed by atoms with Crippen LogP contribution in [0.2, 0.25) is 5.02 Å². The van der Waals surface area contributed by atoms with Crippen LogP contribution in [-0.2, 0) is 0 Å². The zero-order valence-electron chi connectivity index (χ0n) is 6.42. The van der Waals surface area contributed by atoms with E-state index < -0.39 is 18.3 Å². The van der Waals surface area contributed by atoms with Gasteiger partial charge in [0.05, 0.1) is 0 Å². The highest BCUT2D eigenvalue weighted by molar-refractivity contribution is 6.30. The monoisotopic (exact) mass is 208 g/mol. The fourth-order valence-corrected chi connectivity index (χ4v) is 1.07. The summed E-state index contributed by atoms with van der Waals surface area (Å²) in [6.45, 7) is 0. The van der Waals surface area contributed by atoms with Crippen LogP contribution in [0.25, 0.3) is 0 Å². The second-order valence-corrected chi connectivity index (χ2v) is 2.92. The minimum absolute atomic E-state index is 0.223. The highest BCUT2D eigenvalue weighted by Crippen LogP contribution is 2.30. The summed E-state index contributed by atoms with van der Waals surface area (Å²) >= 11 is 5.47. The molecule has 0 aliphatic carbocycles. The lowest BCUT2D eigenvalue weighted by Crippen LogP contribution is -2.07. The van der Waals surface area contributed by atoms with Crippen molar-refractivity contribution in [1.29, 1.82) is 0 Å². The van der Waals surface area contributed by atoms with Gasteiger partial charge in [-0.1, -0.05) is 17.7 Å². The Morgan fingerprint density at radius 2 is 1.92 bits per heavy atom. The number of phenols is 1. The summed E-state index contributed by atoms with van der Waals surface area (Å²) < 4.78 is 24.0. The zero-order chi connectivity index (χ0) is 10.0. The Hall–Kier alpha value is -0.870. The molecule has 0 aliphatic heterocycles. The van der Waals surface area contributed by atoms with E-state index in [1.165, 1.54) is 6.07 Å². The van der Waals surface area contributed by atoms with Crippen LogP contribution in [0.15, 0.2) is 18.2 Å². The van der Waals surface area contributed by atoms with Crippen LogP contribution in [0.4, 0.5) is 8.78 Å². The van der Waals surface area contributed by atoms with Crippen LogP contribution in [0.5, 0.6) is 5.75 Å². The molecule has 2 nitrogen and oxygen atoms in total. The Bertz CT molecular complexity index is 304. The molecule has 13 heavy (non-hydrogen) atoms. The van der Waals surface area contributed by atoms with Gasteiger partial charge in [0, 0.05) is 10.6 Å². The summed E-state index contributed by atoms with van der Waals surface area (Å²) in [7, 11) is 0. The van der Waals surface area contributed by atoms with E-state index in [1.807, 2.05) is 0 Å². The van der Waals surface area contributed by atoms with E-state index in [0.29, 0.717) is 0 Å². The Balaban J connectivity index is 3.01. The predicted molar refractivity (Wildman–Crippen MR) is 44.1 cm³/mol. The fourth-order valence-electron chi connectivity index (χ4n) is 0.903. The predicted octanol–water partition coefficient (Wildman–Crippen LogP) is 2.34. The maximum Gasteiger partial charge on any atom is 0.268 e. The fraction of sp³-hybridized carbons (Fsp3) is 0.250. The molecule has 0 amide bonds. The van der Waals surface area contributed by atoms with Crippen LogP contribution in [0, 0.1) is 0 Å². The molecule has 0 aliphatic rings. The zero-order valence-corrected chi connectivity index (χ0v) is 7.17. The Morgan fingerprint density at radius 1 is 1.31 bits per heavy atom. The molecule has 0 radical (unpaired) electrons. The van der Waals surface area contributed by atoms with Gasteiger partial charge in [-0.3, -0.25) is 0 Å². The van der Waals surface area contributed by atoms with E-state index in [-0.39, 0.29) is 10.6 Å². The third kappa shape index (κ3) is 2.29. The van der Waals surface area contributed by atoms with Gasteiger partial charge in [-0.05, 0) is 12.1 Å². The van der Waals surface area contributed by atoms with Crippen molar-refractivity contribution in [3.8, 4) is 5.75 Å². The first-order chi connectivity index (χ1) is 6.02. The largest absolute Gasteiger partial charge is 0.508 e. The number of benzene rings is 1. The van der Waals surface area contributed by atoms with Crippen molar-refractivity contribution < 1.29 is 19.0 Å². The maximum absolute atomic E-state index is 12.0. The second-order valence-electron chi connectivity index (χ2n) is 2.48. The SMILES string of the molecule is Oc1cc(Cl)ccc1C(O)C(F)F. The van der Waals surface area contributed by atoms with Gasteiger partial charge >= 0.3 is 0 Å². The molecule has 0 saturated carbocycles. The number of hydrogen-bond acceptors (Lipinski definition) is 2. The smallest absolute Gasteiger partial charge is 0.268 e. The molecule has 1 unspecified atom stereocenters. The Kier molecular flexibility index (Phi) is 3.06. The molecule has 0 heterocycles. The minimum Gasteiger partial charge on any atom is -0.508 e. The summed E-state index contributed by atoms with van der Waals surface area (Å²) in [5.74, 6) is -0.430. The van der Waals surface area contributed by atoms with Gasteiger partial charge in [0.1, 0.15) is 11.9 Å². The molecule has 1 atom stereocenters. The van der Waals surface area contributed by atoms with Gasteiger partial charge in [-0.15, -0.1) is 0 Å². The third-order valence-electron chi connectivity index (χ3n) is 1.55. The van der Waals surface area contributed by atoms with Crippen molar-refractivity contribution in [3.63, 3.8) is 0 Å². The lowest BCUT2D eigenvalue weighted by Gasteiger charge is -2.11. The molecule has 2 N–H and O–H groups in total. The van der Waals surface area contributed by atoms with Gasteiger partial charge in [0.25, 0.3) is 6.43 Å². The third-order valence-corrected chi connectivity index (χ3v) is 1.78. The molecule has 0 saturated heterocycles. The van der Waals surface area contributed by atoms with E-state index in [2.05, 4.69) is 0 Å². The summed E-state index contributed by atoms with van der Waals surface area (Å²) in [4.78, 5) is 0. The number of rotatable bonds is 2. The highest BCUT2D eigenvalue weighted by Gasteiger charge is 2.21. The van der Waals surface area contributed by atoms with Crippen LogP contribution in [0.3, 0.4) is 0 Å². The number of halogens is 3. The van der Waals surface area contributed by atoms with E-state index in [0.717, 1.165) is 12.1 Å². The van der Waals surface area contributed by atoms with E-state index >= 15 is 0 Å². The van der Waals surface area contributed by atoms with Gasteiger partial charge < -0.3 is 10.2 Å². The number of aromatic hydroxyl groups is 1. The van der Waals surface area contributed by atoms with Gasteiger partial charge in [-0.25, -0.2) is 8.78 Å². The summed E-state index contributed by atoms with van der Waals surface area (Å²) in [5, 5.41) is 18.3. The van der Waals surface area contributed by atoms with Crippen molar-refractivity contribution in [2.45, 2.75) is 12.5 Å². The summed E-state index contributed by atoms with van der Waals surface area (Å²) in [5.41, 5.74) is -0.223. The molecule has 0 spiro atoms. The van der Waals surface area contributed by atoms with Crippen molar-refractivity contribution >= 4 is 11.6 Å². The van der Waals surface area contributed by atoms with Crippen molar-refractivity contribution in [2.75, 3.05) is 0 Å². The lowest BCUT2D eigenvalue weighted by atomic mass is 10.1. The summed E-state index contributed by atoms with van der Waals surface area (Å²) in [6.07, 6.45) is -4.90. The van der Waals surface area contributed by atoms with Crippen molar-refractivity contribution in [2.24, 2.45) is 0 Å². The number of phenolic OH excluding ortho intramolecular Hbond substituents is 1. The van der Waals surface area contributed by atoms with Crippen LogP contribution < -0.4 is 0 Å². The maximum atomic E-state index is 12.0. The number of aliphatic hydroxyl groups excluding tert-OH is 1. The summed E-state index contributed by atoms with van der Waals surface area (Å²) in [6, 6.07) is 3.58. The molecule has 72 valence electrons. The molecule has 0 bridgehead atoms. The van der Waals surface area contributed by atoms with Gasteiger partial charge in [0.2, 0.25) is 0 Å². The van der Waals surface area contributed by atoms with E-state index in [4.69, 9.17) is 21.8 Å². The second kappa shape index (κ2) is 3.89. The first-order valence-electron chi connectivity index (χ1n) is 3.47. The van der Waals surface area contributed by atoms with Crippen LogP contribution >= 0.6 is 11.6 Å². The molecular formula is C8H7ClF2O2. The molecule has 1 rings (SSSR count). The molecular weight excluding hydrogens is 202 g/mol. The quantitative estimate of drug-likeness (QED) is 0.783. The Labute approximate surface area is 78.4 Å². The molecule has 1 aromatic rings. The van der Waals surface area contributed by atoms with Gasteiger partial charge in [0.15, 0.2) is 0 Å². The van der Waals surface area contributed by atoms with Gasteiger partial charge in [-0.2, -0.15) is 0 Å². The average Bonchev–Trinajstić information content (AvgIpc) is 2.03. The van der Waals surface area contributed by atoms with Crippen molar-refractivity contribution in [3.05, 3.63) is 28.8 Å².